The molecular weight excluding hydrogens is 314 g/mol. The normalized spacial score (nSPS) is 16.3. The molecule has 0 atom stereocenters. The zero-order chi connectivity index (χ0) is 17.0. The highest BCUT2D eigenvalue weighted by atomic mass is 32.2. The molecule has 128 valence electrons. The first-order chi connectivity index (χ1) is 10.8. The van der Waals surface area contributed by atoms with Gasteiger partial charge in [-0.3, -0.25) is 9.35 Å². The fraction of sp³-hybridized carbons (Fsp3) is 0.588. The van der Waals surface area contributed by atoms with E-state index in [0.717, 1.165) is 36.8 Å². The predicted molar refractivity (Wildman–Crippen MR) is 88.9 cm³/mol. The minimum Gasteiger partial charge on any atom is -0.345 e. The van der Waals surface area contributed by atoms with Crippen LogP contribution in [-0.2, 0) is 21.3 Å². The minimum atomic E-state index is -4.19. The maximum atomic E-state index is 12.4. The van der Waals surface area contributed by atoms with Gasteiger partial charge in [0.2, 0.25) is 5.91 Å². The number of hydrogen-bond acceptors (Lipinski definition) is 3. The number of carbonyl (C=O) groups is 1. The molecule has 0 spiro atoms. The molecule has 0 aliphatic heterocycles. The molecule has 1 aromatic carbocycles. The van der Waals surface area contributed by atoms with E-state index in [9.17, 15) is 13.2 Å². The zero-order valence-corrected chi connectivity index (χ0v) is 14.6. The first-order valence-corrected chi connectivity index (χ1v) is 9.55. The number of rotatable bonds is 5. The van der Waals surface area contributed by atoms with Gasteiger partial charge in [0.25, 0.3) is 10.1 Å². The van der Waals surface area contributed by atoms with Gasteiger partial charge < -0.3 is 4.90 Å². The third-order valence-electron chi connectivity index (χ3n) is 4.67. The van der Waals surface area contributed by atoms with Gasteiger partial charge in [-0.1, -0.05) is 25.3 Å². The number of benzene rings is 1. The molecule has 0 heterocycles. The molecule has 1 N–H and O–H groups in total. The highest BCUT2D eigenvalue weighted by Crippen LogP contribution is 2.25. The number of aryl methyl sites for hydroxylation is 1. The van der Waals surface area contributed by atoms with Gasteiger partial charge in [-0.25, -0.2) is 0 Å². The second-order valence-corrected chi connectivity index (χ2v) is 7.83. The van der Waals surface area contributed by atoms with Crippen molar-refractivity contribution in [2.24, 2.45) is 5.92 Å². The first kappa shape index (κ1) is 17.9. The second kappa shape index (κ2) is 7.45. The van der Waals surface area contributed by atoms with Gasteiger partial charge in [-0.15, -0.1) is 0 Å². The number of likely N-dealkylation sites (N-methyl/N-ethyl adjacent to an activating group) is 1. The minimum absolute atomic E-state index is 0.0978. The maximum Gasteiger partial charge on any atom is 0.294 e. The first-order valence-electron chi connectivity index (χ1n) is 8.11. The summed E-state index contributed by atoms with van der Waals surface area (Å²) in [6.07, 6.45) is 5.99. The van der Waals surface area contributed by atoms with Crippen LogP contribution in [0.3, 0.4) is 0 Å². The Labute approximate surface area is 138 Å². The van der Waals surface area contributed by atoms with Gasteiger partial charge in [-0.2, -0.15) is 8.42 Å². The highest BCUT2D eigenvalue weighted by molar-refractivity contribution is 7.85. The molecule has 1 fully saturated rings. The summed E-state index contributed by atoms with van der Waals surface area (Å²) in [5.74, 6) is 0.326. The average molecular weight is 339 g/mol. The van der Waals surface area contributed by atoms with Crippen LogP contribution in [0.5, 0.6) is 0 Å². The Morgan fingerprint density at radius 3 is 2.52 bits per heavy atom. The molecule has 0 radical (unpaired) electrons. The van der Waals surface area contributed by atoms with Gasteiger partial charge in [0.05, 0.1) is 4.90 Å². The second-order valence-electron chi connectivity index (χ2n) is 6.41. The lowest BCUT2D eigenvalue weighted by molar-refractivity contribution is -0.135. The van der Waals surface area contributed by atoms with Gasteiger partial charge in [0.15, 0.2) is 0 Å². The van der Waals surface area contributed by atoms with E-state index in [4.69, 9.17) is 4.55 Å². The van der Waals surface area contributed by atoms with E-state index >= 15 is 0 Å². The van der Waals surface area contributed by atoms with Crippen molar-refractivity contribution >= 4 is 16.0 Å². The van der Waals surface area contributed by atoms with Crippen LogP contribution < -0.4 is 0 Å². The van der Waals surface area contributed by atoms with E-state index in [1.807, 2.05) is 6.92 Å². The van der Waals surface area contributed by atoms with Crippen molar-refractivity contribution in [3.8, 4) is 0 Å². The summed E-state index contributed by atoms with van der Waals surface area (Å²) in [5, 5.41) is 0. The molecule has 2 rings (SSSR count). The van der Waals surface area contributed by atoms with Crippen LogP contribution in [0.4, 0.5) is 0 Å². The van der Waals surface area contributed by atoms with Gasteiger partial charge in [-0.05, 0) is 49.4 Å². The third-order valence-corrected chi connectivity index (χ3v) is 5.52. The van der Waals surface area contributed by atoms with Crippen molar-refractivity contribution in [1.82, 2.24) is 4.90 Å². The van der Waals surface area contributed by atoms with E-state index < -0.39 is 10.1 Å². The molecule has 1 amide bonds. The van der Waals surface area contributed by atoms with Crippen molar-refractivity contribution < 1.29 is 17.8 Å². The zero-order valence-electron chi connectivity index (χ0n) is 13.8. The molecule has 1 saturated carbocycles. The Hall–Kier alpha value is -1.40. The van der Waals surface area contributed by atoms with E-state index in [-0.39, 0.29) is 16.7 Å². The average Bonchev–Trinajstić information content (AvgIpc) is 2.52. The van der Waals surface area contributed by atoms with E-state index in [1.54, 1.807) is 18.0 Å². The van der Waals surface area contributed by atoms with Gasteiger partial charge in [0.1, 0.15) is 0 Å². The van der Waals surface area contributed by atoms with Crippen LogP contribution in [0.25, 0.3) is 0 Å². The van der Waals surface area contributed by atoms with Crippen LogP contribution >= 0.6 is 0 Å². The summed E-state index contributed by atoms with van der Waals surface area (Å²) in [4.78, 5) is 14.1. The van der Waals surface area contributed by atoms with Crippen LogP contribution in [0.1, 0.15) is 43.2 Å². The topological polar surface area (TPSA) is 74.7 Å². The molecule has 6 heteroatoms. The quantitative estimate of drug-likeness (QED) is 0.837. The summed E-state index contributed by atoms with van der Waals surface area (Å²) in [6.45, 7) is 2.44. The lowest BCUT2D eigenvalue weighted by atomic mass is 9.88. The summed E-state index contributed by atoms with van der Waals surface area (Å²) in [7, 11) is -2.39. The lowest BCUT2D eigenvalue weighted by Crippen LogP contribution is -2.35. The number of nitrogens with zero attached hydrogens (tertiary/aromatic N) is 1. The summed E-state index contributed by atoms with van der Waals surface area (Å²) in [6, 6.07) is 4.57. The molecule has 1 aliphatic rings. The third kappa shape index (κ3) is 4.78. The fourth-order valence-corrected chi connectivity index (χ4v) is 3.67. The van der Waals surface area contributed by atoms with E-state index in [2.05, 4.69) is 0 Å². The molecule has 0 aromatic heterocycles. The van der Waals surface area contributed by atoms with Crippen molar-refractivity contribution in [2.45, 2.75) is 50.3 Å². The van der Waals surface area contributed by atoms with Crippen molar-refractivity contribution in [1.29, 1.82) is 0 Å². The standard InChI is InChI=1S/C17H25NO4S/c1-13-8-9-16(23(20,21)22)12-15(13)10-11-18(2)17(19)14-6-4-3-5-7-14/h8-9,12,14H,3-7,10-11H2,1-2H3,(H,20,21,22). The number of amides is 1. The Kier molecular flexibility index (Phi) is 5.81. The number of carbonyl (C=O) groups excluding carboxylic acids is 1. The summed E-state index contributed by atoms with van der Waals surface area (Å²) < 4.78 is 31.6. The van der Waals surface area contributed by atoms with Crippen LogP contribution in [0, 0.1) is 12.8 Å². The van der Waals surface area contributed by atoms with Gasteiger partial charge >= 0.3 is 0 Å². The molecular formula is C17H25NO4S. The molecule has 23 heavy (non-hydrogen) atoms. The Morgan fingerprint density at radius 2 is 1.91 bits per heavy atom. The largest absolute Gasteiger partial charge is 0.345 e. The molecule has 0 bridgehead atoms. The van der Waals surface area contributed by atoms with Gasteiger partial charge in [0, 0.05) is 19.5 Å². The summed E-state index contributed by atoms with van der Waals surface area (Å²) >= 11 is 0. The Bertz CT molecular complexity index is 663. The monoisotopic (exact) mass is 339 g/mol. The lowest BCUT2D eigenvalue weighted by Gasteiger charge is -2.26. The molecule has 5 nitrogen and oxygen atoms in total. The Morgan fingerprint density at radius 1 is 1.26 bits per heavy atom. The number of hydrogen-bond donors (Lipinski definition) is 1. The SMILES string of the molecule is Cc1ccc(S(=O)(=O)O)cc1CCN(C)C(=O)C1CCCCC1. The molecule has 1 aliphatic carbocycles. The smallest absolute Gasteiger partial charge is 0.294 e. The van der Waals surface area contributed by atoms with Crippen molar-refractivity contribution in [3.63, 3.8) is 0 Å². The Balaban J connectivity index is 2.01. The van der Waals surface area contributed by atoms with E-state index in [1.165, 1.54) is 18.6 Å². The van der Waals surface area contributed by atoms with Crippen LogP contribution in [0.15, 0.2) is 23.1 Å². The molecule has 1 aromatic rings. The van der Waals surface area contributed by atoms with Crippen molar-refractivity contribution in [3.05, 3.63) is 29.3 Å². The van der Waals surface area contributed by atoms with Crippen LogP contribution in [0.2, 0.25) is 0 Å². The van der Waals surface area contributed by atoms with Crippen LogP contribution in [-0.4, -0.2) is 37.4 Å². The molecule has 0 saturated heterocycles. The predicted octanol–water partition coefficient (Wildman–Crippen LogP) is 2.82. The summed E-state index contributed by atoms with van der Waals surface area (Å²) in [5.41, 5.74) is 1.79. The molecule has 0 unspecified atom stereocenters. The maximum absolute atomic E-state index is 12.4. The highest BCUT2D eigenvalue weighted by Gasteiger charge is 2.24. The van der Waals surface area contributed by atoms with E-state index in [0.29, 0.717) is 13.0 Å². The van der Waals surface area contributed by atoms with Crippen molar-refractivity contribution in [2.75, 3.05) is 13.6 Å². The fourth-order valence-electron chi connectivity index (χ4n) is 3.14.